The first-order chi connectivity index (χ1) is 16.9. The van der Waals surface area contributed by atoms with E-state index in [2.05, 4.69) is 19.3 Å². The van der Waals surface area contributed by atoms with Crippen LogP contribution in [-0.2, 0) is 9.53 Å². The van der Waals surface area contributed by atoms with Gasteiger partial charge in [0.1, 0.15) is 23.3 Å². The van der Waals surface area contributed by atoms with E-state index in [9.17, 15) is 4.79 Å². The molecule has 36 heavy (non-hydrogen) atoms. The summed E-state index contributed by atoms with van der Waals surface area (Å²) in [5.74, 6) is 0.0765. The number of allylic oxidation sites excluding steroid dienone is 1. The molecule has 8 nitrogen and oxygen atoms in total. The third-order valence-electron chi connectivity index (χ3n) is 6.02. The highest BCUT2D eigenvalue weighted by atomic mass is 32.2. The lowest BCUT2D eigenvalue weighted by Gasteiger charge is -2.27. The van der Waals surface area contributed by atoms with Crippen molar-refractivity contribution in [2.24, 2.45) is 10.9 Å². The fourth-order valence-electron chi connectivity index (χ4n) is 4.17. The molecule has 2 aliphatic rings. The number of rotatable bonds is 7. The first-order valence-corrected chi connectivity index (χ1v) is 13.1. The van der Waals surface area contributed by atoms with Gasteiger partial charge in [0.2, 0.25) is 0 Å². The molecule has 0 fully saturated rings. The van der Waals surface area contributed by atoms with Crippen LogP contribution in [0.4, 0.5) is 0 Å². The van der Waals surface area contributed by atoms with Gasteiger partial charge in [-0.15, -0.1) is 11.8 Å². The summed E-state index contributed by atoms with van der Waals surface area (Å²) in [5.41, 5.74) is 5.21. The van der Waals surface area contributed by atoms with Gasteiger partial charge in [-0.1, -0.05) is 50.3 Å². The molecule has 1 aromatic rings. The average Bonchev–Trinajstić information content (AvgIpc) is 3.00. The van der Waals surface area contributed by atoms with Gasteiger partial charge < -0.3 is 9.94 Å². The minimum atomic E-state index is -0.769. The third kappa shape index (κ3) is 6.52. The van der Waals surface area contributed by atoms with Crippen LogP contribution in [0.2, 0.25) is 0 Å². The molecule has 2 unspecified atom stereocenters. The fraction of sp³-hybridized carbons (Fsp3) is 0.481. The Hall–Kier alpha value is -2.75. The molecule has 4 N–H and O–H groups in total. The SMILES string of the molecule is CC(=N)N1C(=N)[C@H](CC(=O)OC(C)(C)C)N=C(c2ccc(/C=C/CCNO)cc2)C2=C1SC(C)C2C. The Kier molecular flexibility index (Phi) is 8.92. The lowest BCUT2D eigenvalue weighted by molar-refractivity contribution is -0.154. The molecule has 0 spiro atoms. The quantitative estimate of drug-likeness (QED) is 0.131. The first-order valence-electron chi connectivity index (χ1n) is 12.2. The number of esters is 1. The molecule has 2 aliphatic heterocycles. The second kappa shape index (κ2) is 11.5. The fourth-order valence-corrected chi connectivity index (χ4v) is 5.61. The minimum Gasteiger partial charge on any atom is -0.460 e. The maximum absolute atomic E-state index is 12.8. The van der Waals surface area contributed by atoms with E-state index in [-0.39, 0.29) is 29.3 Å². The van der Waals surface area contributed by atoms with Crippen molar-refractivity contribution in [3.8, 4) is 0 Å². The molecule has 9 heteroatoms. The number of hydrogen-bond acceptors (Lipinski definition) is 8. The highest BCUT2D eigenvalue weighted by Gasteiger charge is 2.41. The maximum Gasteiger partial charge on any atom is 0.308 e. The van der Waals surface area contributed by atoms with Crippen LogP contribution in [-0.4, -0.2) is 56.9 Å². The number of nitrogens with one attached hydrogen (secondary N) is 3. The summed E-state index contributed by atoms with van der Waals surface area (Å²) in [6.07, 6.45) is 4.62. The van der Waals surface area contributed by atoms with Gasteiger partial charge in [0.15, 0.2) is 0 Å². The van der Waals surface area contributed by atoms with Crippen LogP contribution >= 0.6 is 11.8 Å². The van der Waals surface area contributed by atoms with E-state index >= 15 is 0 Å². The molecule has 2 heterocycles. The first kappa shape index (κ1) is 27.8. The normalized spacial score (nSPS) is 22.5. The van der Waals surface area contributed by atoms with E-state index in [0.717, 1.165) is 27.4 Å². The number of carbonyl (C=O) groups excluding carboxylic acids is 1. The average molecular weight is 512 g/mol. The molecule has 0 saturated carbocycles. The van der Waals surface area contributed by atoms with E-state index in [0.29, 0.717) is 13.0 Å². The number of benzene rings is 1. The van der Waals surface area contributed by atoms with E-state index in [1.807, 2.05) is 57.2 Å². The summed E-state index contributed by atoms with van der Waals surface area (Å²) >= 11 is 1.65. The summed E-state index contributed by atoms with van der Waals surface area (Å²) in [4.78, 5) is 19.4. The van der Waals surface area contributed by atoms with E-state index in [1.54, 1.807) is 23.6 Å². The molecule has 0 aromatic heterocycles. The predicted molar refractivity (Wildman–Crippen MR) is 147 cm³/mol. The molecule has 0 radical (unpaired) electrons. The van der Waals surface area contributed by atoms with Crippen molar-refractivity contribution >= 4 is 41.2 Å². The molecule has 3 rings (SSSR count). The van der Waals surface area contributed by atoms with Crippen molar-refractivity contribution in [1.82, 2.24) is 10.4 Å². The van der Waals surface area contributed by atoms with E-state index in [1.165, 1.54) is 0 Å². The van der Waals surface area contributed by atoms with Crippen molar-refractivity contribution in [2.75, 3.05) is 6.54 Å². The Morgan fingerprint density at radius 2 is 1.94 bits per heavy atom. The smallest absolute Gasteiger partial charge is 0.308 e. The second-order valence-corrected chi connectivity index (χ2v) is 11.5. The van der Waals surface area contributed by atoms with Gasteiger partial charge in [0, 0.05) is 22.9 Å². The molecule has 0 amide bonds. The molecule has 1 aromatic carbocycles. The van der Waals surface area contributed by atoms with Gasteiger partial charge in [-0.3, -0.25) is 25.5 Å². The van der Waals surface area contributed by atoms with E-state index in [4.69, 9.17) is 25.8 Å². The second-order valence-electron chi connectivity index (χ2n) is 10.1. The van der Waals surface area contributed by atoms with Crippen LogP contribution in [0.1, 0.15) is 65.5 Å². The van der Waals surface area contributed by atoms with Crippen molar-refractivity contribution in [2.45, 2.75) is 71.3 Å². The highest BCUT2D eigenvalue weighted by molar-refractivity contribution is 8.04. The summed E-state index contributed by atoms with van der Waals surface area (Å²) in [6.45, 7) is 11.9. The Bertz CT molecular complexity index is 1100. The van der Waals surface area contributed by atoms with Gasteiger partial charge in [-0.05, 0) is 45.6 Å². The number of hydrogen-bond donors (Lipinski definition) is 4. The molecule has 0 aliphatic carbocycles. The summed E-state index contributed by atoms with van der Waals surface area (Å²) < 4.78 is 5.55. The number of ether oxygens (including phenoxy) is 1. The third-order valence-corrected chi connectivity index (χ3v) is 7.43. The van der Waals surface area contributed by atoms with Crippen LogP contribution in [0.5, 0.6) is 0 Å². The molecule has 194 valence electrons. The number of thioether (sulfide) groups is 1. The zero-order valence-corrected chi connectivity index (χ0v) is 22.7. The summed E-state index contributed by atoms with van der Waals surface area (Å²) in [5, 5.41) is 27.3. The lowest BCUT2D eigenvalue weighted by atomic mass is 9.90. The van der Waals surface area contributed by atoms with Crippen molar-refractivity contribution < 1.29 is 14.7 Å². The van der Waals surface area contributed by atoms with Gasteiger partial charge in [0.05, 0.1) is 17.2 Å². The molecular weight excluding hydrogens is 474 g/mol. The van der Waals surface area contributed by atoms with Crippen molar-refractivity contribution in [3.05, 3.63) is 52.1 Å². The van der Waals surface area contributed by atoms with Crippen LogP contribution in [0, 0.1) is 16.7 Å². The predicted octanol–water partition coefficient (Wildman–Crippen LogP) is 5.23. The lowest BCUT2D eigenvalue weighted by Crippen LogP contribution is -2.40. The number of nitrogens with zero attached hydrogens (tertiary/aromatic N) is 2. The number of amidine groups is 2. The Balaban J connectivity index is 2.06. The zero-order valence-electron chi connectivity index (χ0n) is 21.9. The van der Waals surface area contributed by atoms with Gasteiger partial charge >= 0.3 is 5.97 Å². The Morgan fingerprint density at radius 1 is 1.28 bits per heavy atom. The standard InChI is InChI=1S/C27H37N5O3S/c1-16-17(2)36-26-23(16)24(20-12-10-19(11-13-20)9-7-8-14-30-34)31-21(25(29)32(26)18(3)28)15-22(33)35-27(4,5)6/h7,9-13,16-17,21,28-30,34H,8,14-15H2,1-6H3/b9-7+,28-18?,29-25?/t16?,17?,21-/m0/s1. The molecular formula is C27H37N5O3S. The summed E-state index contributed by atoms with van der Waals surface area (Å²) in [6, 6.07) is 7.27. The number of carbonyl (C=O) groups is 1. The van der Waals surface area contributed by atoms with Crippen LogP contribution in [0.25, 0.3) is 6.08 Å². The van der Waals surface area contributed by atoms with Crippen LogP contribution in [0.15, 0.2) is 45.9 Å². The minimum absolute atomic E-state index is 0.0712. The Labute approximate surface area is 217 Å². The topological polar surface area (TPSA) is 122 Å². The van der Waals surface area contributed by atoms with Gasteiger partial charge in [-0.2, -0.15) is 0 Å². The monoisotopic (exact) mass is 511 g/mol. The Morgan fingerprint density at radius 3 is 2.53 bits per heavy atom. The van der Waals surface area contributed by atoms with E-state index < -0.39 is 17.6 Å². The zero-order chi connectivity index (χ0) is 26.6. The maximum atomic E-state index is 12.8. The van der Waals surface area contributed by atoms with Gasteiger partial charge in [-0.25, -0.2) is 5.48 Å². The summed E-state index contributed by atoms with van der Waals surface area (Å²) in [7, 11) is 0. The highest BCUT2D eigenvalue weighted by Crippen LogP contribution is 2.46. The molecule has 3 atom stereocenters. The molecule has 0 saturated heterocycles. The molecule has 0 bridgehead atoms. The van der Waals surface area contributed by atoms with Crippen molar-refractivity contribution in [1.29, 1.82) is 10.8 Å². The number of aliphatic imine (C=N–C) groups is 1. The van der Waals surface area contributed by atoms with Crippen LogP contribution in [0.3, 0.4) is 0 Å². The largest absolute Gasteiger partial charge is 0.460 e. The van der Waals surface area contributed by atoms with Gasteiger partial charge in [0.25, 0.3) is 0 Å². The van der Waals surface area contributed by atoms with Crippen molar-refractivity contribution in [3.63, 3.8) is 0 Å². The van der Waals surface area contributed by atoms with Crippen LogP contribution < -0.4 is 5.48 Å². The number of hydroxylamine groups is 1.